The lowest BCUT2D eigenvalue weighted by Crippen LogP contribution is -2.34. The summed E-state index contributed by atoms with van der Waals surface area (Å²) >= 11 is 0. The summed E-state index contributed by atoms with van der Waals surface area (Å²) in [5.74, 6) is 2.34. The van der Waals surface area contributed by atoms with Crippen LogP contribution in [0.4, 0.5) is 4.79 Å². The van der Waals surface area contributed by atoms with Crippen LogP contribution in [-0.4, -0.2) is 24.0 Å². The van der Waals surface area contributed by atoms with Crippen LogP contribution in [0.3, 0.4) is 0 Å². The van der Waals surface area contributed by atoms with E-state index in [9.17, 15) is 4.79 Å². The Morgan fingerprint density at radius 2 is 1.83 bits per heavy atom. The molecule has 1 saturated carbocycles. The Kier molecular flexibility index (Phi) is 1.74. The van der Waals surface area contributed by atoms with Gasteiger partial charge in [-0.25, -0.2) is 4.79 Å². The van der Waals surface area contributed by atoms with Crippen LogP contribution in [0, 0.1) is 17.8 Å². The van der Waals surface area contributed by atoms with Gasteiger partial charge < -0.3 is 10.6 Å². The van der Waals surface area contributed by atoms with Crippen molar-refractivity contribution < 1.29 is 4.79 Å². The van der Waals surface area contributed by atoms with Crippen molar-refractivity contribution >= 4 is 6.03 Å². The highest BCUT2D eigenvalue weighted by molar-refractivity contribution is 5.72. The number of carbonyl (C=O) groups is 1. The van der Waals surface area contributed by atoms with E-state index in [-0.39, 0.29) is 6.03 Å². The molecule has 0 aromatic heterocycles. The Bertz CT molecular complexity index is 191. The number of carbonyl (C=O) groups excluding carboxylic acids is 1. The number of hydrogen-bond acceptors (Lipinski definition) is 1. The van der Waals surface area contributed by atoms with Crippen LogP contribution < -0.4 is 5.73 Å². The lowest BCUT2D eigenvalue weighted by atomic mass is 10.0. The zero-order chi connectivity index (χ0) is 8.72. The first-order valence-corrected chi connectivity index (χ1v) is 4.71. The lowest BCUT2D eigenvalue weighted by Gasteiger charge is -2.14. The molecule has 1 aliphatic carbocycles. The molecule has 2 rings (SSSR count). The number of primary amides is 1. The summed E-state index contributed by atoms with van der Waals surface area (Å²) in [4.78, 5) is 12.7. The van der Waals surface area contributed by atoms with E-state index < -0.39 is 0 Å². The van der Waals surface area contributed by atoms with E-state index in [0.717, 1.165) is 30.8 Å². The van der Waals surface area contributed by atoms with Crippen LogP contribution in [0.1, 0.15) is 19.8 Å². The van der Waals surface area contributed by atoms with Gasteiger partial charge in [0.1, 0.15) is 0 Å². The van der Waals surface area contributed by atoms with E-state index >= 15 is 0 Å². The summed E-state index contributed by atoms with van der Waals surface area (Å²) in [6.07, 6.45) is 2.57. The van der Waals surface area contributed by atoms with E-state index in [1.54, 1.807) is 4.90 Å². The van der Waals surface area contributed by atoms with Crippen molar-refractivity contribution in [1.29, 1.82) is 0 Å². The zero-order valence-electron chi connectivity index (χ0n) is 7.49. The quantitative estimate of drug-likeness (QED) is 0.577. The van der Waals surface area contributed by atoms with Crippen molar-refractivity contribution in [3.63, 3.8) is 0 Å². The number of urea groups is 1. The fourth-order valence-electron chi connectivity index (χ4n) is 2.78. The predicted molar refractivity (Wildman–Crippen MR) is 46.5 cm³/mol. The Hall–Kier alpha value is -0.730. The first-order valence-electron chi connectivity index (χ1n) is 4.71. The van der Waals surface area contributed by atoms with Crippen molar-refractivity contribution in [2.45, 2.75) is 19.8 Å². The van der Waals surface area contributed by atoms with Crippen LogP contribution in [0.5, 0.6) is 0 Å². The van der Waals surface area contributed by atoms with Gasteiger partial charge in [0, 0.05) is 13.1 Å². The van der Waals surface area contributed by atoms with Gasteiger partial charge in [-0.15, -0.1) is 0 Å². The standard InChI is InChI=1S/C9H16N2O/c1-6-2-7-4-11(9(10)12)5-8(7)3-6/h6-8H,2-5H2,1H3,(H2,10,12). The smallest absolute Gasteiger partial charge is 0.314 e. The van der Waals surface area contributed by atoms with Gasteiger partial charge in [0.15, 0.2) is 0 Å². The number of hydrogen-bond donors (Lipinski definition) is 1. The van der Waals surface area contributed by atoms with Gasteiger partial charge in [-0.3, -0.25) is 0 Å². The number of rotatable bonds is 0. The van der Waals surface area contributed by atoms with Crippen LogP contribution in [0.25, 0.3) is 0 Å². The number of nitrogens with zero attached hydrogens (tertiary/aromatic N) is 1. The maximum absolute atomic E-state index is 10.9. The second-order valence-electron chi connectivity index (χ2n) is 4.34. The Labute approximate surface area is 72.9 Å². The summed E-state index contributed by atoms with van der Waals surface area (Å²) < 4.78 is 0. The third kappa shape index (κ3) is 1.17. The highest BCUT2D eigenvalue weighted by atomic mass is 16.2. The Morgan fingerprint density at radius 1 is 1.33 bits per heavy atom. The third-order valence-electron chi connectivity index (χ3n) is 3.30. The molecule has 2 aliphatic rings. The molecular formula is C9H16N2O. The molecule has 2 fully saturated rings. The average Bonchev–Trinajstić information content (AvgIpc) is 2.42. The zero-order valence-corrected chi connectivity index (χ0v) is 7.49. The van der Waals surface area contributed by atoms with E-state index in [2.05, 4.69) is 6.92 Å². The minimum Gasteiger partial charge on any atom is -0.351 e. The number of likely N-dealkylation sites (tertiary alicyclic amines) is 1. The van der Waals surface area contributed by atoms with Gasteiger partial charge in [0.2, 0.25) is 0 Å². The first kappa shape index (κ1) is 7.90. The number of amides is 2. The van der Waals surface area contributed by atoms with Crippen molar-refractivity contribution in [2.24, 2.45) is 23.5 Å². The monoisotopic (exact) mass is 168 g/mol. The highest BCUT2D eigenvalue weighted by Crippen LogP contribution is 2.40. The fraction of sp³-hybridized carbons (Fsp3) is 0.889. The molecule has 0 radical (unpaired) electrons. The van der Waals surface area contributed by atoms with Gasteiger partial charge in [0.05, 0.1) is 0 Å². The SMILES string of the molecule is CC1CC2CN(C(N)=O)CC2C1. The molecule has 12 heavy (non-hydrogen) atoms. The average molecular weight is 168 g/mol. The molecule has 1 heterocycles. The van der Waals surface area contributed by atoms with E-state index in [0.29, 0.717) is 0 Å². The van der Waals surface area contributed by atoms with Crippen LogP contribution >= 0.6 is 0 Å². The maximum atomic E-state index is 10.9. The highest BCUT2D eigenvalue weighted by Gasteiger charge is 2.40. The van der Waals surface area contributed by atoms with Gasteiger partial charge >= 0.3 is 6.03 Å². The molecule has 2 amide bonds. The first-order chi connectivity index (χ1) is 5.66. The normalized spacial score (nSPS) is 40.1. The summed E-state index contributed by atoms with van der Waals surface area (Å²) in [5.41, 5.74) is 5.22. The van der Waals surface area contributed by atoms with Gasteiger partial charge in [-0.2, -0.15) is 0 Å². The Balaban J connectivity index is 1.98. The second kappa shape index (κ2) is 2.64. The lowest BCUT2D eigenvalue weighted by molar-refractivity contribution is 0.213. The molecule has 0 spiro atoms. The minimum atomic E-state index is -0.239. The Morgan fingerprint density at radius 3 is 2.25 bits per heavy atom. The molecule has 0 bridgehead atoms. The number of nitrogens with two attached hydrogens (primary N) is 1. The van der Waals surface area contributed by atoms with Gasteiger partial charge in [-0.05, 0) is 30.6 Å². The predicted octanol–water partition coefficient (Wildman–Crippen LogP) is 1.04. The third-order valence-corrected chi connectivity index (χ3v) is 3.30. The van der Waals surface area contributed by atoms with Crippen LogP contribution in [-0.2, 0) is 0 Å². The van der Waals surface area contributed by atoms with Crippen LogP contribution in [0.2, 0.25) is 0 Å². The van der Waals surface area contributed by atoms with Crippen molar-refractivity contribution in [2.75, 3.05) is 13.1 Å². The molecule has 2 N–H and O–H groups in total. The summed E-state index contributed by atoms with van der Waals surface area (Å²) in [6.45, 7) is 4.11. The second-order valence-corrected chi connectivity index (χ2v) is 4.34. The molecule has 2 unspecified atom stereocenters. The largest absolute Gasteiger partial charge is 0.351 e. The molecule has 2 atom stereocenters. The topological polar surface area (TPSA) is 46.3 Å². The van der Waals surface area contributed by atoms with Gasteiger partial charge in [0.25, 0.3) is 0 Å². The van der Waals surface area contributed by atoms with E-state index in [4.69, 9.17) is 5.73 Å². The van der Waals surface area contributed by atoms with Crippen molar-refractivity contribution in [3.8, 4) is 0 Å². The summed E-state index contributed by atoms with van der Waals surface area (Å²) in [5, 5.41) is 0. The maximum Gasteiger partial charge on any atom is 0.314 e. The molecule has 3 heteroatoms. The molecular weight excluding hydrogens is 152 g/mol. The van der Waals surface area contributed by atoms with E-state index in [1.165, 1.54) is 12.8 Å². The summed E-state index contributed by atoms with van der Waals surface area (Å²) in [7, 11) is 0. The minimum absolute atomic E-state index is 0.239. The molecule has 0 aromatic carbocycles. The van der Waals surface area contributed by atoms with Crippen molar-refractivity contribution in [3.05, 3.63) is 0 Å². The van der Waals surface area contributed by atoms with Gasteiger partial charge in [-0.1, -0.05) is 6.92 Å². The number of fused-ring (bicyclic) bond motifs is 1. The fourth-order valence-corrected chi connectivity index (χ4v) is 2.78. The molecule has 1 saturated heterocycles. The van der Waals surface area contributed by atoms with Crippen molar-refractivity contribution in [1.82, 2.24) is 4.90 Å². The van der Waals surface area contributed by atoms with E-state index in [1.807, 2.05) is 0 Å². The summed E-state index contributed by atoms with van der Waals surface area (Å²) in [6, 6.07) is -0.239. The molecule has 1 aliphatic heterocycles. The molecule has 3 nitrogen and oxygen atoms in total. The molecule has 0 aromatic rings. The molecule has 68 valence electrons. The van der Waals surface area contributed by atoms with Crippen LogP contribution in [0.15, 0.2) is 0 Å².